The zero-order valence-electron chi connectivity index (χ0n) is 9.86. The lowest BCUT2D eigenvalue weighted by Crippen LogP contribution is -2.35. The van der Waals surface area contributed by atoms with Gasteiger partial charge in [0.05, 0.1) is 18.8 Å². The molecule has 0 spiro atoms. The maximum absolute atomic E-state index is 11.3. The summed E-state index contributed by atoms with van der Waals surface area (Å²) >= 11 is 0. The SMILES string of the molecule is CC(C)(CCO)OCCN1C(=O)CCC1=O. The zero-order chi connectivity index (χ0) is 12.2. The predicted octanol–water partition coefficient (Wildman–Crippen LogP) is 0.313. The molecule has 0 aliphatic carbocycles. The Kier molecular flexibility index (Phi) is 4.44. The number of aliphatic hydroxyl groups excluding tert-OH is 1. The number of ether oxygens (including phenoxy) is 1. The number of carbonyl (C=O) groups excluding carboxylic acids is 2. The molecule has 0 radical (unpaired) electrons. The molecule has 0 saturated carbocycles. The van der Waals surface area contributed by atoms with Gasteiger partial charge in [-0.2, -0.15) is 0 Å². The Bertz CT molecular complexity index is 259. The van der Waals surface area contributed by atoms with Crippen molar-refractivity contribution < 1.29 is 19.4 Å². The fourth-order valence-corrected chi connectivity index (χ4v) is 1.63. The van der Waals surface area contributed by atoms with Gasteiger partial charge in [-0.3, -0.25) is 14.5 Å². The lowest BCUT2D eigenvalue weighted by atomic mass is 10.1. The second-order valence-electron chi connectivity index (χ2n) is 4.52. The van der Waals surface area contributed by atoms with Gasteiger partial charge in [0.1, 0.15) is 0 Å². The van der Waals surface area contributed by atoms with Crippen LogP contribution in [-0.2, 0) is 14.3 Å². The smallest absolute Gasteiger partial charge is 0.229 e. The van der Waals surface area contributed by atoms with Crippen molar-refractivity contribution in [1.82, 2.24) is 4.90 Å². The van der Waals surface area contributed by atoms with E-state index in [0.29, 0.717) is 32.4 Å². The first kappa shape index (κ1) is 13.1. The monoisotopic (exact) mass is 229 g/mol. The maximum Gasteiger partial charge on any atom is 0.229 e. The average Bonchev–Trinajstić information content (AvgIpc) is 2.48. The fourth-order valence-electron chi connectivity index (χ4n) is 1.63. The molecular weight excluding hydrogens is 210 g/mol. The van der Waals surface area contributed by atoms with Gasteiger partial charge in [-0.15, -0.1) is 0 Å². The number of rotatable bonds is 6. The van der Waals surface area contributed by atoms with Crippen LogP contribution in [-0.4, -0.2) is 47.2 Å². The summed E-state index contributed by atoms with van der Waals surface area (Å²) < 4.78 is 5.52. The molecule has 1 aliphatic heterocycles. The summed E-state index contributed by atoms with van der Waals surface area (Å²) in [6, 6.07) is 0. The van der Waals surface area contributed by atoms with E-state index in [9.17, 15) is 9.59 Å². The Morgan fingerprint density at radius 1 is 1.31 bits per heavy atom. The second kappa shape index (κ2) is 5.41. The quantitative estimate of drug-likeness (QED) is 0.666. The first-order valence-electron chi connectivity index (χ1n) is 5.54. The van der Waals surface area contributed by atoms with Crippen LogP contribution >= 0.6 is 0 Å². The second-order valence-corrected chi connectivity index (χ2v) is 4.52. The largest absolute Gasteiger partial charge is 0.396 e. The fraction of sp³-hybridized carbons (Fsp3) is 0.818. The molecule has 1 N–H and O–H groups in total. The molecule has 1 fully saturated rings. The molecule has 1 rings (SSSR count). The van der Waals surface area contributed by atoms with E-state index >= 15 is 0 Å². The molecule has 1 saturated heterocycles. The number of nitrogens with zero attached hydrogens (tertiary/aromatic N) is 1. The highest BCUT2D eigenvalue weighted by Crippen LogP contribution is 2.15. The summed E-state index contributed by atoms with van der Waals surface area (Å²) in [6.07, 6.45) is 1.17. The van der Waals surface area contributed by atoms with E-state index in [2.05, 4.69) is 0 Å². The van der Waals surface area contributed by atoms with E-state index in [1.165, 1.54) is 4.90 Å². The third-order valence-electron chi connectivity index (χ3n) is 2.68. The van der Waals surface area contributed by atoms with E-state index in [0.717, 1.165) is 0 Å². The van der Waals surface area contributed by atoms with Crippen molar-refractivity contribution in [2.75, 3.05) is 19.8 Å². The van der Waals surface area contributed by atoms with Crippen LogP contribution in [0.1, 0.15) is 33.1 Å². The number of carbonyl (C=O) groups is 2. The Morgan fingerprint density at radius 3 is 2.38 bits per heavy atom. The normalized spacial score (nSPS) is 17.3. The van der Waals surface area contributed by atoms with Crippen LogP contribution in [0.5, 0.6) is 0 Å². The van der Waals surface area contributed by atoms with Gasteiger partial charge in [-0.1, -0.05) is 0 Å². The van der Waals surface area contributed by atoms with E-state index in [1.807, 2.05) is 13.8 Å². The minimum atomic E-state index is -0.416. The first-order valence-corrected chi connectivity index (χ1v) is 5.54. The van der Waals surface area contributed by atoms with Gasteiger partial charge in [0.2, 0.25) is 11.8 Å². The summed E-state index contributed by atoms with van der Waals surface area (Å²) in [5.41, 5.74) is -0.416. The Hall–Kier alpha value is -0.940. The standard InChI is InChI=1S/C11H19NO4/c1-11(2,5-7-13)16-8-6-12-9(14)3-4-10(12)15/h13H,3-8H2,1-2H3. The number of aliphatic hydroxyl groups is 1. The molecule has 16 heavy (non-hydrogen) atoms. The highest BCUT2D eigenvalue weighted by atomic mass is 16.5. The van der Waals surface area contributed by atoms with Crippen LogP contribution < -0.4 is 0 Å². The molecule has 5 nitrogen and oxygen atoms in total. The van der Waals surface area contributed by atoms with Crippen LogP contribution in [0.3, 0.4) is 0 Å². The van der Waals surface area contributed by atoms with Gasteiger partial charge in [0.15, 0.2) is 0 Å². The summed E-state index contributed by atoms with van der Waals surface area (Å²) in [5, 5.41) is 8.80. The van der Waals surface area contributed by atoms with Crippen LogP contribution in [0.15, 0.2) is 0 Å². The summed E-state index contributed by atoms with van der Waals surface area (Å²) in [7, 11) is 0. The van der Waals surface area contributed by atoms with Crippen molar-refractivity contribution >= 4 is 11.8 Å². The topological polar surface area (TPSA) is 66.8 Å². The van der Waals surface area contributed by atoms with Crippen LogP contribution in [0.25, 0.3) is 0 Å². The van der Waals surface area contributed by atoms with Crippen molar-refractivity contribution in [3.63, 3.8) is 0 Å². The molecule has 0 aromatic rings. The lowest BCUT2D eigenvalue weighted by Gasteiger charge is -2.25. The van der Waals surface area contributed by atoms with Gasteiger partial charge in [0, 0.05) is 19.4 Å². The van der Waals surface area contributed by atoms with Crippen molar-refractivity contribution in [3.8, 4) is 0 Å². The minimum Gasteiger partial charge on any atom is -0.396 e. The Labute approximate surface area is 95.4 Å². The summed E-state index contributed by atoms with van der Waals surface area (Å²) in [4.78, 5) is 23.8. The molecule has 0 atom stereocenters. The molecule has 0 aromatic heterocycles. The van der Waals surface area contributed by atoms with Crippen LogP contribution in [0, 0.1) is 0 Å². The molecule has 0 unspecified atom stereocenters. The molecule has 0 aromatic carbocycles. The Balaban J connectivity index is 2.30. The van der Waals surface area contributed by atoms with Gasteiger partial charge < -0.3 is 9.84 Å². The zero-order valence-corrected chi connectivity index (χ0v) is 9.86. The number of likely N-dealkylation sites (tertiary alicyclic amines) is 1. The first-order chi connectivity index (χ1) is 7.46. The molecule has 0 bridgehead atoms. The van der Waals surface area contributed by atoms with E-state index < -0.39 is 5.60 Å². The average molecular weight is 229 g/mol. The molecular formula is C11H19NO4. The molecule has 1 heterocycles. The summed E-state index contributed by atoms with van der Waals surface area (Å²) in [6.45, 7) is 4.44. The molecule has 1 aliphatic rings. The third kappa shape index (κ3) is 3.57. The van der Waals surface area contributed by atoms with Gasteiger partial charge in [-0.05, 0) is 20.3 Å². The van der Waals surface area contributed by atoms with Gasteiger partial charge >= 0.3 is 0 Å². The number of hydrogen-bond acceptors (Lipinski definition) is 4. The van der Waals surface area contributed by atoms with E-state index in [1.54, 1.807) is 0 Å². The maximum atomic E-state index is 11.3. The van der Waals surface area contributed by atoms with Crippen molar-refractivity contribution in [2.24, 2.45) is 0 Å². The number of imide groups is 1. The Morgan fingerprint density at radius 2 is 1.88 bits per heavy atom. The van der Waals surface area contributed by atoms with Gasteiger partial charge in [-0.25, -0.2) is 0 Å². The van der Waals surface area contributed by atoms with Crippen molar-refractivity contribution in [1.29, 1.82) is 0 Å². The van der Waals surface area contributed by atoms with Crippen LogP contribution in [0.4, 0.5) is 0 Å². The molecule has 92 valence electrons. The van der Waals surface area contributed by atoms with Crippen molar-refractivity contribution in [2.45, 2.75) is 38.7 Å². The van der Waals surface area contributed by atoms with Crippen LogP contribution in [0.2, 0.25) is 0 Å². The van der Waals surface area contributed by atoms with E-state index in [4.69, 9.17) is 9.84 Å². The van der Waals surface area contributed by atoms with E-state index in [-0.39, 0.29) is 18.4 Å². The number of hydrogen-bond donors (Lipinski definition) is 1. The highest BCUT2D eigenvalue weighted by Gasteiger charge is 2.29. The number of amides is 2. The van der Waals surface area contributed by atoms with Crippen molar-refractivity contribution in [3.05, 3.63) is 0 Å². The highest BCUT2D eigenvalue weighted by molar-refractivity contribution is 6.01. The molecule has 5 heteroatoms. The third-order valence-corrected chi connectivity index (χ3v) is 2.68. The van der Waals surface area contributed by atoms with Gasteiger partial charge in [0.25, 0.3) is 0 Å². The lowest BCUT2D eigenvalue weighted by molar-refractivity contribution is -0.140. The minimum absolute atomic E-state index is 0.0641. The predicted molar refractivity (Wildman–Crippen MR) is 57.7 cm³/mol. The summed E-state index contributed by atoms with van der Waals surface area (Å²) in [5.74, 6) is -0.234. The molecule has 2 amide bonds.